The summed E-state index contributed by atoms with van der Waals surface area (Å²) < 4.78 is 4.82. The number of hydrogen-bond acceptors (Lipinski definition) is 6. The fourth-order valence-corrected chi connectivity index (χ4v) is 8.59. The quantitative estimate of drug-likeness (QED) is 0.142. The molecule has 2 fully saturated rings. The van der Waals surface area contributed by atoms with E-state index in [1.165, 1.54) is 54.2 Å². The smallest absolute Gasteiger partial charge is 0.407 e. The number of nitrogens with zero attached hydrogens (tertiary/aromatic N) is 3. The van der Waals surface area contributed by atoms with E-state index < -0.39 is 12.1 Å². The number of H-pyrrole nitrogens is 2. The standard InChI is InChI=1S/C40H47N7O3/c1-22(2)35(46-40(49)50-4)39(48)47-23(3)11-18-34(47)38-43-31-17-13-25-20-24(12-14-27(25)36(31)45-38)26-15-16-30(29-9-6-5-8-28(26)29)33-21-42-37(44-33)32-10-7-19-41-32/h12-17,20-23,32,34-35,41H,5-11,18-19H2,1-4H3,(H,42,44)(H,43,45)(H,46,49)/t23-,32-,34-,35-/m0/s1. The van der Waals surface area contributed by atoms with Crippen LogP contribution in [0.4, 0.5) is 4.79 Å². The Labute approximate surface area is 292 Å². The number of aromatic amines is 2. The lowest BCUT2D eigenvalue weighted by Gasteiger charge is -2.32. The lowest BCUT2D eigenvalue weighted by Crippen LogP contribution is -2.52. The number of carbonyl (C=O) groups is 2. The molecule has 0 spiro atoms. The van der Waals surface area contributed by atoms with Gasteiger partial charge in [0, 0.05) is 17.0 Å². The number of benzene rings is 3. The number of hydrogen-bond donors (Lipinski definition) is 4. The van der Waals surface area contributed by atoms with Gasteiger partial charge in [0.05, 0.1) is 42.1 Å². The lowest BCUT2D eigenvalue weighted by molar-refractivity contribution is -0.137. The van der Waals surface area contributed by atoms with Crippen molar-refractivity contribution < 1.29 is 14.3 Å². The third kappa shape index (κ3) is 5.73. The molecule has 3 aliphatic rings. The maximum atomic E-state index is 13.9. The van der Waals surface area contributed by atoms with Crippen LogP contribution in [0.15, 0.2) is 48.7 Å². The van der Waals surface area contributed by atoms with Gasteiger partial charge < -0.3 is 30.2 Å². The minimum atomic E-state index is -0.680. The molecule has 2 aromatic heterocycles. The van der Waals surface area contributed by atoms with Crippen LogP contribution in [-0.4, -0.2) is 62.6 Å². The first kappa shape index (κ1) is 32.5. The minimum absolute atomic E-state index is 0.0256. The Morgan fingerprint density at radius 3 is 2.50 bits per heavy atom. The van der Waals surface area contributed by atoms with E-state index in [-0.39, 0.29) is 23.9 Å². The summed E-state index contributed by atoms with van der Waals surface area (Å²) in [6.07, 6.45) is 9.96. The van der Waals surface area contributed by atoms with Crippen molar-refractivity contribution in [2.75, 3.05) is 13.7 Å². The second-order valence-electron chi connectivity index (χ2n) is 14.7. The zero-order valence-electron chi connectivity index (χ0n) is 29.4. The molecule has 0 radical (unpaired) electrons. The summed E-state index contributed by atoms with van der Waals surface area (Å²) in [5.41, 5.74) is 9.68. The molecule has 10 nitrogen and oxygen atoms in total. The normalized spacial score (nSPS) is 21.2. The number of ether oxygens (including phenoxy) is 1. The molecule has 4 heterocycles. The Bertz CT molecular complexity index is 2070. The van der Waals surface area contributed by atoms with Gasteiger partial charge in [-0.3, -0.25) is 4.79 Å². The molecule has 260 valence electrons. The van der Waals surface area contributed by atoms with Gasteiger partial charge in [-0.1, -0.05) is 44.2 Å². The highest BCUT2D eigenvalue weighted by molar-refractivity contribution is 6.05. The van der Waals surface area contributed by atoms with Crippen LogP contribution in [-0.2, 0) is 22.4 Å². The van der Waals surface area contributed by atoms with Crippen molar-refractivity contribution in [2.24, 2.45) is 5.92 Å². The molecule has 4 atom stereocenters. The van der Waals surface area contributed by atoms with Crippen LogP contribution in [0.25, 0.3) is 44.2 Å². The molecular formula is C40H47N7O3. The fraction of sp³-hybridized carbons (Fsp3) is 0.450. The van der Waals surface area contributed by atoms with Crippen LogP contribution < -0.4 is 10.6 Å². The predicted octanol–water partition coefficient (Wildman–Crippen LogP) is 7.51. The van der Waals surface area contributed by atoms with E-state index in [1.807, 2.05) is 24.9 Å². The van der Waals surface area contributed by atoms with E-state index in [0.29, 0.717) is 6.04 Å². The molecule has 4 N–H and O–H groups in total. The van der Waals surface area contributed by atoms with Crippen molar-refractivity contribution in [1.29, 1.82) is 0 Å². The van der Waals surface area contributed by atoms with Gasteiger partial charge in [-0.2, -0.15) is 0 Å². The highest BCUT2D eigenvalue weighted by Gasteiger charge is 2.41. The van der Waals surface area contributed by atoms with E-state index in [9.17, 15) is 9.59 Å². The van der Waals surface area contributed by atoms with Gasteiger partial charge in [-0.25, -0.2) is 14.8 Å². The monoisotopic (exact) mass is 673 g/mol. The Kier molecular flexibility index (Phi) is 8.59. The maximum Gasteiger partial charge on any atom is 0.407 e. The van der Waals surface area contributed by atoms with Gasteiger partial charge in [-0.15, -0.1) is 0 Å². The summed E-state index contributed by atoms with van der Waals surface area (Å²) in [6.45, 7) is 6.99. The molecule has 2 amide bonds. The van der Waals surface area contributed by atoms with Crippen molar-refractivity contribution in [3.63, 3.8) is 0 Å². The highest BCUT2D eigenvalue weighted by Crippen LogP contribution is 2.41. The van der Waals surface area contributed by atoms with Crippen LogP contribution in [0.1, 0.15) is 94.2 Å². The van der Waals surface area contributed by atoms with Crippen LogP contribution in [0.3, 0.4) is 0 Å². The Balaban J connectivity index is 1.11. The molecule has 2 aliphatic heterocycles. The van der Waals surface area contributed by atoms with Gasteiger partial charge in [0.1, 0.15) is 17.7 Å². The second-order valence-corrected chi connectivity index (χ2v) is 14.7. The third-order valence-corrected chi connectivity index (χ3v) is 11.2. The van der Waals surface area contributed by atoms with Crippen LogP contribution in [0.2, 0.25) is 0 Å². The average molecular weight is 674 g/mol. The molecule has 2 saturated heterocycles. The van der Waals surface area contributed by atoms with Crippen molar-refractivity contribution in [1.82, 2.24) is 35.5 Å². The number of aromatic nitrogens is 4. The number of likely N-dealkylation sites (tertiary alicyclic amines) is 1. The molecule has 0 unspecified atom stereocenters. The highest BCUT2D eigenvalue weighted by atomic mass is 16.5. The molecule has 10 heteroatoms. The first-order chi connectivity index (χ1) is 24.3. The molecular weight excluding hydrogens is 626 g/mol. The van der Waals surface area contributed by atoms with Crippen molar-refractivity contribution >= 4 is 33.8 Å². The third-order valence-electron chi connectivity index (χ3n) is 11.2. The molecule has 5 aromatic rings. The summed E-state index contributed by atoms with van der Waals surface area (Å²) >= 11 is 0. The zero-order chi connectivity index (χ0) is 34.5. The number of imidazole rings is 2. The van der Waals surface area contributed by atoms with E-state index >= 15 is 0 Å². The fourth-order valence-electron chi connectivity index (χ4n) is 8.59. The predicted molar refractivity (Wildman–Crippen MR) is 196 cm³/mol. The number of nitrogens with one attached hydrogen (secondary N) is 4. The van der Waals surface area contributed by atoms with Crippen molar-refractivity contribution in [3.8, 4) is 22.4 Å². The van der Waals surface area contributed by atoms with E-state index in [4.69, 9.17) is 14.7 Å². The Morgan fingerprint density at radius 2 is 1.74 bits per heavy atom. The number of alkyl carbamates (subject to hydrolysis) is 1. The summed E-state index contributed by atoms with van der Waals surface area (Å²) in [5, 5.41) is 8.54. The number of carbonyl (C=O) groups excluding carboxylic acids is 2. The summed E-state index contributed by atoms with van der Waals surface area (Å²) in [7, 11) is 1.32. The Hall–Kier alpha value is -4.70. The van der Waals surface area contributed by atoms with E-state index in [2.05, 4.69) is 70.0 Å². The zero-order valence-corrected chi connectivity index (χ0v) is 29.4. The molecule has 0 saturated carbocycles. The summed E-state index contributed by atoms with van der Waals surface area (Å²) in [5.74, 6) is 1.63. The van der Waals surface area contributed by atoms with Crippen LogP contribution in [0.5, 0.6) is 0 Å². The SMILES string of the molecule is COC(=O)N[C@H](C(=O)N1[C@@H](C)CC[C@H]1c1nc2c(ccc3cc(-c4ccc(-c5cnc([C@@H]6CCCN6)[nH]5)c5c4CCCC5)ccc32)[nH]1)C(C)C. The van der Waals surface area contributed by atoms with Gasteiger partial charge >= 0.3 is 6.09 Å². The van der Waals surface area contributed by atoms with Gasteiger partial charge in [0.15, 0.2) is 0 Å². The molecule has 50 heavy (non-hydrogen) atoms. The van der Waals surface area contributed by atoms with Crippen molar-refractivity contribution in [2.45, 2.75) is 96.3 Å². The minimum Gasteiger partial charge on any atom is -0.453 e. The lowest BCUT2D eigenvalue weighted by atomic mass is 9.82. The number of rotatable bonds is 7. The second kappa shape index (κ2) is 13.2. The maximum absolute atomic E-state index is 13.9. The summed E-state index contributed by atoms with van der Waals surface area (Å²) in [6, 6.07) is 15.1. The van der Waals surface area contributed by atoms with Gasteiger partial charge in [-0.05, 0) is 111 Å². The number of amides is 2. The molecule has 0 bridgehead atoms. The van der Waals surface area contributed by atoms with Crippen LogP contribution >= 0.6 is 0 Å². The largest absolute Gasteiger partial charge is 0.453 e. The van der Waals surface area contributed by atoms with Gasteiger partial charge in [0.2, 0.25) is 5.91 Å². The molecule has 8 rings (SSSR count). The first-order valence-corrected chi connectivity index (χ1v) is 18.3. The van der Waals surface area contributed by atoms with E-state index in [0.717, 1.165) is 77.8 Å². The van der Waals surface area contributed by atoms with Gasteiger partial charge in [0.25, 0.3) is 0 Å². The summed E-state index contributed by atoms with van der Waals surface area (Å²) in [4.78, 5) is 45.0. The van der Waals surface area contributed by atoms with Crippen LogP contribution in [0, 0.1) is 5.92 Å². The van der Waals surface area contributed by atoms with E-state index in [1.54, 1.807) is 0 Å². The Morgan fingerprint density at radius 1 is 0.940 bits per heavy atom. The molecule has 1 aliphatic carbocycles. The number of fused-ring (bicyclic) bond motifs is 4. The topological polar surface area (TPSA) is 128 Å². The number of methoxy groups -OCH3 is 1. The van der Waals surface area contributed by atoms with Crippen molar-refractivity contribution in [3.05, 3.63) is 71.4 Å². The average Bonchev–Trinajstić information content (AvgIpc) is 3.96. The molecule has 3 aromatic carbocycles. The first-order valence-electron chi connectivity index (χ1n) is 18.3.